The molecule has 2 aromatic carbocycles. The molecule has 0 aliphatic carbocycles. The molecule has 0 atom stereocenters. The quantitative estimate of drug-likeness (QED) is 0.721. The molecular weight excluding hydrogens is 316 g/mol. The van der Waals surface area contributed by atoms with Crippen LogP contribution < -0.4 is 10.1 Å². The fraction of sp³-hybridized carbons (Fsp3) is 0.200. The number of oxazole rings is 1. The van der Waals surface area contributed by atoms with E-state index < -0.39 is 0 Å². The topological polar surface area (TPSA) is 64.4 Å². The Bertz CT molecular complexity index is 807. The Morgan fingerprint density at radius 2 is 1.84 bits per heavy atom. The van der Waals surface area contributed by atoms with E-state index in [-0.39, 0.29) is 12.5 Å². The van der Waals surface area contributed by atoms with E-state index in [4.69, 9.17) is 9.15 Å². The lowest BCUT2D eigenvalue weighted by atomic mass is 10.0. The van der Waals surface area contributed by atoms with Crippen molar-refractivity contribution in [3.8, 4) is 17.1 Å². The van der Waals surface area contributed by atoms with Gasteiger partial charge in [-0.25, -0.2) is 4.98 Å². The van der Waals surface area contributed by atoms with Crippen molar-refractivity contribution >= 4 is 11.6 Å². The first-order valence-electron chi connectivity index (χ1n) is 8.13. The minimum Gasteiger partial charge on any atom is -0.484 e. The van der Waals surface area contributed by atoms with Crippen molar-refractivity contribution in [2.75, 3.05) is 11.9 Å². The van der Waals surface area contributed by atoms with Crippen molar-refractivity contribution in [1.82, 2.24) is 4.98 Å². The summed E-state index contributed by atoms with van der Waals surface area (Å²) in [5.74, 6) is 1.63. The predicted octanol–water partition coefficient (Wildman–Crippen LogP) is 4.48. The van der Waals surface area contributed by atoms with E-state index in [0.717, 1.165) is 5.56 Å². The molecule has 0 aliphatic heterocycles. The number of ether oxygens (including phenoxy) is 1. The first kappa shape index (κ1) is 16.8. The molecule has 0 radical (unpaired) electrons. The molecule has 0 saturated heterocycles. The van der Waals surface area contributed by atoms with Crippen molar-refractivity contribution in [3.05, 3.63) is 66.7 Å². The predicted molar refractivity (Wildman–Crippen MR) is 96.6 cm³/mol. The summed E-state index contributed by atoms with van der Waals surface area (Å²) >= 11 is 0. The Kier molecular flexibility index (Phi) is 5.14. The van der Waals surface area contributed by atoms with Crippen LogP contribution in [0.15, 0.2) is 65.5 Å². The molecule has 1 aromatic heterocycles. The third-order valence-electron chi connectivity index (χ3n) is 3.80. The second kappa shape index (κ2) is 7.66. The summed E-state index contributed by atoms with van der Waals surface area (Å²) in [6.07, 6.45) is 3.03. The van der Waals surface area contributed by atoms with Gasteiger partial charge in [0, 0.05) is 11.3 Å². The number of carbonyl (C=O) groups is 1. The minimum atomic E-state index is -0.208. The summed E-state index contributed by atoms with van der Waals surface area (Å²) in [5.41, 5.74) is 2.84. The Morgan fingerprint density at radius 3 is 2.44 bits per heavy atom. The number of benzene rings is 2. The molecule has 1 N–H and O–H groups in total. The number of nitrogens with zero attached hydrogens (tertiary/aromatic N) is 1. The van der Waals surface area contributed by atoms with Crippen LogP contribution in [0.25, 0.3) is 11.3 Å². The molecule has 5 nitrogen and oxygen atoms in total. The molecule has 5 heteroatoms. The van der Waals surface area contributed by atoms with Crippen molar-refractivity contribution in [2.24, 2.45) is 0 Å². The number of nitrogens with one attached hydrogen (secondary N) is 1. The lowest BCUT2D eigenvalue weighted by Gasteiger charge is -2.09. The maximum atomic E-state index is 12.0. The van der Waals surface area contributed by atoms with Crippen LogP contribution in [-0.2, 0) is 4.79 Å². The van der Waals surface area contributed by atoms with Crippen LogP contribution in [0.3, 0.4) is 0 Å². The summed E-state index contributed by atoms with van der Waals surface area (Å²) in [4.78, 5) is 15.9. The number of hydrogen-bond donors (Lipinski definition) is 1. The van der Waals surface area contributed by atoms with E-state index in [1.54, 1.807) is 6.20 Å². The molecule has 0 aliphatic rings. The maximum Gasteiger partial charge on any atom is 0.262 e. The van der Waals surface area contributed by atoms with Gasteiger partial charge in [0.2, 0.25) is 0 Å². The van der Waals surface area contributed by atoms with E-state index in [2.05, 4.69) is 24.1 Å². The van der Waals surface area contributed by atoms with E-state index >= 15 is 0 Å². The molecule has 0 bridgehead atoms. The molecule has 0 unspecified atom stereocenters. The van der Waals surface area contributed by atoms with Gasteiger partial charge in [-0.05, 0) is 47.9 Å². The highest BCUT2D eigenvalue weighted by Crippen LogP contribution is 2.21. The second-order valence-electron chi connectivity index (χ2n) is 6.00. The summed E-state index contributed by atoms with van der Waals surface area (Å²) in [7, 11) is 0. The summed E-state index contributed by atoms with van der Waals surface area (Å²) in [5, 5.41) is 2.80. The van der Waals surface area contributed by atoms with Gasteiger partial charge in [0.05, 0.1) is 6.20 Å². The Balaban J connectivity index is 1.52. The highest BCUT2D eigenvalue weighted by molar-refractivity contribution is 5.92. The van der Waals surface area contributed by atoms with Crippen molar-refractivity contribution in [3.63, 3.8) is 0 Å². The smallest absolute Gasteiger partial charge is 0.262 e. The third kappa shape index (κ3) is 4.47. The first-order chi connectivity index (χ1) is 12.1. The monoisotopic (exact) mass is 336 g/mol. The second-order valence-corrected chi connectivity index (χ2v) is 6.00. The zero-order chi connectivity index (χ0) is 17.6. The fourth-order valence-corrected chi connectivity index (χ4v) is 2.37. The van der Waals surface area contributed by atoms with Gasteiger partial charge >= 0.3 is 0 Å². The molecular formula is C20H20N2O3. The number of carbonyl (C=O) groups excluding carboxylic acids is 1. The zero-order valence-corrected chi connectivity index (χ0v) is 14.2. The van der Waals surface area contributed by atoms with Gasteiger partial charge in [-0.2, -0.15) is 0 Å². The average Bonchev–Trinajstić information content (AvgIpc) is 3.15. The van der Waals surface area contributed by atoms with E-state index in [9.17, 15) is 4.79 Å². The van der Waals surface area contributed by atoms with Crippen LogP contribution >= 0.6 is 0 Å². The number of aromatic nitrogens is 1. The number of rotatable bonds is 6. The molecule has 0 saturated carbocycles. The van der Waals surface area contributed by atoms with Crippen molar-refractivity contribution in [2.45, 2.75) is 19.8 Å². The molecule has 0 fully saturated rings. The fourth-order valence-electron chi connectivity index (χ4n) is 2.37. The van der Waals surface area contributed by atoms with Crippen LogP contribution in [0.5, 0.6) is 5.75 Å². The third-order valence-corrected chi connectivity index (χ3v) is 3.80. The first-order valence-corrected chi connectivity index (χ1v) is 8.13. The largest absolute Gasteiger partial charge is 0.484 e. The van der Waals surface area contributed by atoms with Crippen LogP contribution in [0.4, 0.5) is 5.69 Å². The summed E-state index contributed by atoms with van der Waals surface area (Å²) in [6.45, 7) is 4.23. The highest BCUT2D eigenvalue weighted by atomic mass is 16.5. The molecule has 25 heavy (non-hydrogen) atoms. The van der Waals surface area contributed by atoms with Crippen LogP contribution in [0.2, 0.25) is 0 Å². The van der Waals surface area contributed by atoms with Crippen molar-refractivity contribution < 1.29 is 13.9 Å². The van der Waals surface area contributed by atoms with Crippen LogP contribution in [0.1, 0.15) is 25.3 Å². The van der Waals surface area contributed by atoms with Gasteiger partial charge in [0.25, 0.3) is 5.91 Å². The molecule has 3 aromatic rings. The lowest BCUT2D eigenvalue weighted by Crippen LogP contribution is -2.20. The van der Waals surface area contributed by atoms with E-state index in [1.807, 2.05) is 48.5 Å². The molecule has 3 rings (SSSR count). The van der Waals surface area contributed by atoms with Gasteiger partial charge in [-0.3, -0.25) is 4.79 Å². The average molecular weight is 336 g/mol. The van der Waals surface area contributed by atoms with Crippen LogP contribution in [0, 0.1) is 0 Å². The van der Waals surface area contributed by atoms with Gasteiger partial charge in [-0.15, -0.1) is 0 Å². The Morgan fingerprint density at radius 1 is 1.12 bits per heavy atom. The molecule has 128 valence electrons. The van der Waals surface area contributed by atoms with Gasteiger partial charge in [0.1, 0.15) is 5.75 Å². The zero-order valence-electron chi connectivity index (χ0n) is 14.2. The lowest BCUT2D eigenvalue weighted by molar-refractivity contribution is -0.118. The Hall–Kier alpha value is -3.08. The molecule has 0 spiro atoms. The summed E-state index contributed by atoms with van der Waals surface area (Å²) in [6, 6.07) is 15.1. The van der Waals surface area contributed by atoms with E-state index in [0.29, 0.717) is 23.1 Å². The normalized spacial score (nSPS) is 10.7. The maximum absolute atomic E-state index is 12.0. The Labute approximate surface area is 146 Å². The van der Waals surface area contributed by atoms with Gasteiger partial charge < -0.3 is 14.5 Å². The van der Waals surface area contributed by atoms with Crippen molar-refractivity contribution in [1.29, 1.82) is 0 Å². The highest BCUT2D eigenvalue weighted by Gasteiger charge is 2.06. The van der Waals surface area contributed by atoms with E-state index in [1.165, 1.54) is 12.0 Å². The number of anilines is 1. The molecule has 1 heterocycles. The number of hydrogen-bond acceptors (Lipinski definition) is 4. The number of amides is 1. The van der Waals surface area contributed by atoms with Crippen LogP contribution in [-0.4, -0.2) is 17.5 Å². The SMILES string of the molecule is CC(C)c1ccc(OCC(=O)Nc2ccc(-c3cnco3)cc2)cc1. The standard InChI is InChI=1S/C20H20N2O3/c1-14(2)15-5-9-18(10-6-15)24-12-20(23)22-17-7-3-16(4-8-17)19-11-21-13-25-19/h3-11,13-14H,12H2,1-2H3,(H,22,23). The van der Waals surface area contributed by atoms with Gasteiger partial charge in [0.15, 0.2) is 18.8 Å². The molecule has 1 amide bonds. The summed E-state index contributed by atoms with van der Waals surface area (Å²) < 4.78 is 10.8. The van der Waals surface area contributed by atoms with Gasteiger partial charge in [-0.1, -0.05) is 26.0 Å². The minimum absolute atomic E-state index is 0.0368.